The molecule has 1 aromatic rings. The molecular formula is C20H34N2O2. The number of benzene rings is 1. The number of rotatable bonds is 3. The Morgan fingerprint density at radius 1 is 1.04 bits per heavy atom. The molecule has 1 fully saturated rings. The van der Waals surface area contributed by atoms with E-state index >= 15 is 0 Å². The minimum Gasteiger partial charge on any atom is -0.507 e. The van der Waals surface area contributed by atoms with Gasteiger partial charge in [-0.15, -0.1) is 0 Å². The highest BCUT2D eigenvalue weighted by molar-refractivity contribution is 5.50. The number of aliphatic hydroxyl groups is 1. The molecule has 1 aliphatic rings. The van der Waals surface area contributed by atoms with Crippen molar-refractivity contribution in [3.63, 3.8) is 0 Å². The van der Waals surface area contributed by atoms with E-state index in [2.05, 4.69) is 63.9 Å². The topological polar surface area (TPSA) is 55.7 Å². The Morgan fingerprint density at radius 2 is 1.62 bits per heavy atom. The lowest BCUT2D eigenvalue weighted by Gasteiger charge is -2.36. The summed E-state index contributed by atoms with van der Waals surface area (Å²) >= 11 is 0. The Labute approximate surface area is 146 Å². The SMILES string of the molecule is CC(C)(C)c1cc([C@H](CO)N2CCNCC2)c(O)c(C(C)(C)C)c1. The summed E-state index contributed by atoms with van der Waals surface area (Å²) in [6.07, 6.45) is 0. The molecule has 1 atom stereocenters. The molecule has 4 nitrogen and oxygen atoms in total. The van der Waals surface area contributed by atoms with Gasteiger partial charge in [-0.1, -0.05) is 47.6 Å². The number of nitrogens with zero attached hydrogens (tertiary/aromatic N) is 1. The molecule has 4 heteroatoms. The zero-order valence-electron chi connectivity index (χ0n) is 16.1. The van der Waals surface area contributed by atoms with E-state index in [-0.39, 0.29) is 23.5 Å². The van der Waals surface area contributed by atoms with Crippen LogP contribution in [0.1, 0.15) is 64.3 Å². The summed E-state index contributed by atoms with van der Waals surface area (Å²) in [7, 11) is 0. The van der Waals surface area contributed by atoms with Gasteiger partial charge in [0.15, 0.2) is 0 Å². The van der Waals surface area contributed by atoms with Crippen molar-refractivity contribution in [2.24, 2.45) is 0 Å². The molecule has 0 bridgehead atoms. The highest BCUT2D eigenvalue weighted by Gasteiger charge is 2.30. The van der Waals surface area contributed by atoms with Crippen LogP contribution in [0.3, 0.4) is 0 Å². The third-order valence-electron chi connectivity index (χ3n) is 4.94. The van der Waals surface area contributed by atoms with Crippen molar-refractivity contribution in [1.82, 2.24) is 10.2 Å². The summed E-state index contributed by atoms with van der Waals surface area (Å²) in [6, 6.07) is 4.06. The molecule has 1 aromatic carbocycles. The Bertz CT molecular complexity index is 564. The largest absolute Gasteiger partial charge is 0.507 e. The van der Waals surface area contributed by atoms with Crippen molar-refractivity contribution in [2.75, 3.05) is 32.8 Å². The van der Waals surface area contributed by atoms with Gasteiger partial charge < -0.3 is 15.5 Å². The first-order valence-corrected chi connectivity index (χ1v) is 8.99. The zero-order chi connectivity index (χ0) is 18.1. The van der Waals surface area contributed by atoms with Gasteiger partial charge in [0.1, 0.15) is 5.75 Å². The monoisotopic (exact) mass is 334 g/mol. The van der Waals surface area contributed by atoms with Crippen molar-refractivity contribution in [3.05, 3.63) is 28.8 Å². The van der Waals surface area contributed by atoms with Crippen molar-refractivity contribution in [2.45, 2.75) is 58.4 Å². The van der Waals surface area contributed by atoms with Crippen LogP contribution in [-0.4, -0.2) is 47.9 Å². The first kappa shape index (κ1) is 19.2. The first-order chi connectivity index (χ1) is 11.1. The van der Waals surface area contributed by atoms with E-state index in [1.807, 2.05) is 0 Å². The van der Waals surface area contributed by atoms with Crippen LogP contribution >= 0.6 is 0 Å². The van der Waals surface area contributed by atoms with Gasteiger partial charge in [0.05, 0.1) is 12.6 Å². The molecule has 1 heterocycles. The minimum atomic E-state index is -0.157. The average Bonchev–Trinajstić information content (AvgIpc) is 2.48. The normalized spacial score (nSPS) is 18.6. The first-order valence-electron chi connectivity index (χ1n) is 8.99. The lowest BCUT2D eigenvalue weighted by atomic mass is 9.78. The van der Waals surface area contributed by atoms with Crippen molar-refractivity contribution >= 4 is 0 Å². The molecule has 0 radical (unpaired) electrons. The summed E-state index contributed by atoms with van der Waals surface area (Å²) < 4.78 is 0. The fraction of sp³-hybridized carbons (Fsp3) is 0.700. The van der Waals surface area contributed by atoms with Gasteiger partial charge in [-0.3, -0.25) is 4.90 Å². The van der Waals surface area contributed by atoms with E-state index in [9.17, 15) is 10.2 Å². The number of phenols is 1. The fourth-order valence-electron chi connectivity index (χ4n) is 3.32. The summed E-state index contributed by atoms with van der Waals surface area (Å²) in [6.45, 7) is 16.6. The van der Waals surface area contributed by atoms with E-state index in [1.165, 1.54) is 5.56 Å². The van der Waals surface area contributed by atoms with E-state index in [0.717, 1.165) is 37.3 Å². The van der Waals surface area contributed by atoms with Gasteiger partial charge in [0, 0.05) is 31.7 Å². The van der Waals surface area contributed by atoms with Gasteiger partial charge in [0.2, 0.25) is 0 Å². The van der Waals surface area contributed by atoms with Crippen molar-refractivity contribution < 1.29 is 10.2 Å². The Hall–Kier alpha value is -1.10. The van der Waals surface area contributed by atoms with Crippen LogP contribution < -0.4 is 5.32 Å². The predicted octanol–water partition coefficient (Wildman–Crippen LogP) is 2.93. The second-order valence-corrected chi connectivity index (χ2v) is 8.95. The second-order valence-electron chi connectivity index (χ2n) is 8.95. The minimum absolute atomic E-state index is 0.00803. The van der Waals surface area contributed by atoms with Crippen LogP contribution in [-0.2, 0) is 10.8 Å². The number of piperazine rings is 1. The lowest BCUT2D eigenvalue weighted by molar-refractivity contribution is 0.108. The summed E-state index contributed by atoms with van der Waals surface area (Å²) in [4.78, 5) is 2.27. The molecule has 1 aliphatic heterocycles. The van der Waals surface area contributed by atoms with Crippen molar-refractivity contribution in [3.8, 4) is 5.75 Å². The van der Waals surface area contributed by atoms with Crippen LogP contribution in [0.2, 0.25) is 0 Å². The van der Waals surface area contributed by atoms with Crippen LogP contribution in [0.25, 0.3) is 0 Å². The molecule has 2 rings (SSSR count). The van der Waals surface area contributed by atoms with E-state index in [0.29, 0.717) is 5.75 Å². The quantitative estimate of drug-likeness (QED) is 0.795. The standard InChI is InChI=1S/C20H34N2O2/c1-19(2,3)14-11-15(18(24)16(12-14)20(4,5)6)17(13-23)22-9-7-21-8-10-22/h11-12,17,21,23-24H,7-10,13H2,1-6H3/t17-/m0/s1. The third kappa shape index (κ3) is 4.11. The maximum absolute atomic E-state index is 11.0. The number of aliphatic hydroxyl groups excluding tert-OH is 1. The van der Waals surface area contributed by atoms with Gasteiger partial charge >= 0.3 is 0 Å². The van der Waals surface area contributed by atoms with Gasteiger partial charge in [-0.2, -0.15) is 0 Å². The molecule has 0 unspecified atom stereocenters. The van der Waals surface area contributed by atoms with Crippen LogP contribution in [0.5, 0.6) is 5.75 Å². The number of phenolic OH excluding ortho intramolecular Hbond substituents is 1. The molecule has 0 aliphatic carbocycles. The summed E-state index contributed by atoms with van der Waals surface area (Å²) in [5, 5.41) is 24.4. The molecular weight excluding hydrogens is 300 g/mol. The molecule has 136 valence electrons. The molecule has 24 heavy (non-hydrogen) atoms. The number of hydrogen-bond acceptors (Lipinski definition) is 4. The van der Waals surface area contributed by atoms with Crippen LogP contribution in [0.4, 0.5) is 0 Å². The molecule has 0 aromatic heterocycles. The fourth-order valence-corrected chi connectivity index (χ4v) is 3.32. The van der Waals surface area contributed by atoms with Crippen molar-refractivity contribution in [1.29, 1.82) is 0 Å². The molecule has 0 spiro atoms. The maximum atomic E-state index is 11.0. The molecule has 3 N–H and O–H groups in total. The van der Waals surface area contributed by atoms with Crippen LogP contribution in [0.15, 0.2) is 12.1 Å². The van der Waals surface area contributed by atoms with Gasteiger partial charge in [0.25, 0.3) is 0 Å². The predicted molar refractivity (Wildman–Crippen MR) is 99.8 cm³/mol. The summed E-state index contributed by atoms with van der Waals surface area (Å²) in [5.74, 6) is 0.341. The van der Waals surface area contributed by atoms with Crippen LogP contribution in [0, 0.1) is 0 Å². The van der Waals surface area contributed by atoms with E-state index in [1.54, 1.807) is 0 Å². The Morgan fingerprint density at radius 3 is 2.08 bits per heavy atom. The van der Waals surface area contributed by atoms with E-state index in [4.69, 9.17) is 0 Å². The highest BCUT2D eigenvalue weighted by Crippen LogP contribution is 2.41. The Kier molecular flexibility index (Phi) is 5.63. The zero-order valence-corrected chi connectivity index (χ0v) is 16.1. The smallest absolute Gasteiger partial charge is 0.124 e. The third-order valence-corrected chi connectivity index (χ3v) is 4.94. The molecule has 0 amide bonds. The molecule has 1 saturated heterocycles. The molecule has 0 saturated carbocycles. The van der Waals surface area contributed by atoms with Gasteiger partial charge in [-0.05, 0) is 28.0 Å². The summed E-state index contributed by atoms with van der Waals surface area (Å²) in [5.41, 5.74) is 2.86. The van der Waals surface area contributed by atoms with Gasteiger partial charge in [-0.25, -0.2) is 0 Å². The number of hydrogen-bond donors (Lipinski definition) is 3. The number of nitrogens with one attached hydrogen (secondary N) is 1. The average molecular weight is 335 g/mol. The lowest BCUT2D eigenvalue weighted by Crippen LogP contribution is -2.46. The maximum Gasteiger partial charge on any atom is 0.124 e. The number of aromatic hydroxyl groups is 1. The highest BCUT2D eigenvalue weighted by atomic mass is 16.3. The Balaban J connectivity index is 2.57. The second kappa shape index (κ2) is 7.03. The van der Waals surface area contributed by atoms with E-state index < -0.39 is 0 Å².